The van der Waals surface area contributed by atoms with Crippen LogP contribution in [-0.4, -0.2) is 21.0 Å². The summed E-state index contributed by atoms with van der Waals surface area (Å²) in [7, 11) is 0. The van der Waals surface area contributed by atoms with Crippen LogP contribution < -0.4 is 5.32 Å². The van der Waals surface area contributed by atoms with Gasteiger partial charge in [-0.25, -0.2) is 0 Å². The van der Waals surface area contributed by atoms with Crippen LogP contribution in [0.1, 0.15) is 10.5 Å². The van der Waals surface area contributed by atoms with Crippen LogP contribution in [-0.2, 0) is 0 Å². The van der Waals surface area contributed by atoms with Crippen molar-refractivity contribution >= 4 is 52.2 Å². The fraction of sp³-hybridized carbons (Fsp3) is 0. The van der Waals surface area contributed by atoms with Crippen molar-refractivity contribution in [1.82, 2.24) is 10.2 Å². The van der Waals surface area contributed by atoms with Crippen molar-refractivity contribution in [2.24, 2.45) is 0 Å². The highest BCUT2D eigenvalue weighted by molar-refractivity contribution is 6.40. The third kappa shape index (κ3) is 2.69. The van der Waals surface area contributed by atoms with Gasteiger partial charge >= 0.3 is 5.82 Å². The summed E-state index contributed by atoms with van der Waals surface area (Å²) in [5.74, 6) is -1.34. The van der Waals surface area contributed by atoms with Gasteiger partial charge in [0.2, 0.25) is 0 Å². The predicted molar refractivity (Wildman–Crippen MR) is 74.7 cm³/mol. The van der Waals surface area contributed by atoms with E-state index in [1.807, 2.05) is 0 Å². The van der Waals surface area contributed by atoms with Crippen molar-refractivity contribution in [1.29, 1.82) is 0 Å². The first kappa shape index (κ1) is 14.6. The minimum Gasteiger partial charge on any atom is -0.358 e. The van der Waals surface area contributed by atoms with Crippen LogP contribution in [0.15, 0.2) is 18.2 Å². The van der Waals surface area contributed by atoms with Crippen molar-refractivity contribution in [2.45, 2.75) is 0 Å². The van der Waals surface area contributed by atoms with E-state index in [1.165, 1.54) is 12.1 Å². The smallest absolute Gasteiger partial charge is 0.358 e. The number of rotatable bonds is 3. The third-order valence-corrected chi connectivity index (χ3v) is 3.28. The number of aromatic nitrogens is 2. The first-order chi connectivity index (χ1) is 9.41. The van der Waals surface area contributed by atoms with Crippen molar-refractivity contribution < 1.29 is 9.72 Å². The largest absolute Gasteiger partial charge is 0.362 e. The fourth-order valence-electron chi connectivity index (χ4n) is 1.38. The first-order valence-corrected chi connectivity index (χ1v) is 6.18. The Balaban J connectivity index is 2.32. The molecule has 104 valence electrons. The van der Waals surface area contributed by atoms with E-state index in [4.69, 9.17) is 34.8 Å². The van der Waals surface area contributed by atoms with Gasteiger partial charge in [0.25, 0.3) is 5.91 Å². The number of aromatic amines is 1. The number of amides is 1. The molecule has 1 amide bonds. The average molecular weight is 336 g/mol. The fourth-order valence-corrected chi connectivity index (χ4v) is 2.11. The summed E-state index contributed by atoms with van der Waals surface area (Å²) in [5.41, 5.74) is -0.156. The van der Waals surface area contributed by atoms with E-state index < -0.39 is 21.7 Å². The van der Waals surface area contributed by atoms with Gasteiger partial charge < -0.3 is 15.4 Å². The van der Waals surface area contributed by atoms with Crippen LogP contribution in [0.2, 0.25) is 15.1 Å². The van der Waals surface area contributed by atoms with Gasteiger partial charge in [-0.2, -0.15) is 0 Å². The molecule has 1 aromatic heterocycles. The van der Waals surface area contributed by atoms with Crippen molar-refractivity contribution in [3.8, 4) is 0 Å². The molecule has 1 aromatic carbocycles. The third-order valence-electron chi connectivity index (χ3n) is 2.29. The van der Waals surface area contributed by atoms with Crippen LogP contribution >= 0.6 is 34.8 Å². The summed E-state index contributed by atoms with van der Waals surface area (Å²) in [4.78, 5) is 21.8. The lowest BCUT2D eigenvalue weighted by molar-refractivity contribution is -0.389. The van der Waals surface area contributed by atoms with Gasteiger partial charge in [0.15, 0.2) is 10.7 Å². The molecule has 0 spiro atoms. The Morgan fingerprint density at radius 2 is 1.90 bits per heavy atom. The maximum absolute atomic E-state index is 12.0. The number of benzene rings is 1. The molecule has 20 heavy (non-hydrogen) atoms. The second-order valence-electron chi connectivity index (χ2n) is 3.54. The van der Waals surface area contributed by atoms with Gasteiger partial charge in [0.05, 0.1) is 15.7 Å². The highest BCUT2D eigenvalue weighted by atomic mass is 35.5. The predicted octanol–water partition coefficient (Wildman–Crippen LogP) is 3.53. The van der Waals surface area contributed by atoms with Gasteiger partial charge in [0.1, 0.15) is 0 Å². The second kappa shape index (κ2) is 5.66. The highest BCUT2D eigenvalue weighted by Gasteiger charge is 2.25. The monoisotopic (exact) mass is 334 g/mol. The Kier molecular flexibility index (Phi) is 4.12. The molecule has 0 unspecified atom stereocenters. The van der Waals surface area contributed by atoms with E-state index in [0.29, 0.717) is 0 Å². The number of anilines is 1. The van der Waals surface area contributed by atoms with Gasteiger partial charge in [-0.1, -0.05) is 46.0 Å². The molecule has 1 heterocycles. The van der Waals surface area contributed by atoms with Gasteiger partial charge in [-0.3, -0.25) is 4.79 Å². The van der Waals surface area contributed by atoms with Crippen LogP contribution in [0, 0.1) is 10.1 Å². The normalized spacial score (nSPS) is 10.3. The molecule has 2 rings (SSSR count). The first-order valence-electron chi connectivity index (χ1n) is 5.05. The number of H-pyrrole nitrogens is 1. The zero-order valence-electron chi connectivity index (χ0n) is 9.49. The van der Waals surface area contributed by atoms with E-state index in [0.717, 1.165) is 0 Å². The zero-order chi connectivity index (χ0) is 14.9. The highest BCUT2D eigenvalue weighted by Crippen LogP contribution is 2.31. The Hall–Kier alpha value is -1.83. The quantitative estimate of drug-likeness (QED) is 0.661. The van der Waals surface area contributed by atoms with Gasteiger partial charge in [-0.15, -0.1) is 5.10 Å². The molecule has 2 aromatic rings. The SMILES string of the molecule is O=C(Nc1c(Cl)cccc1Cl)c1n[nH]c([N+](=O)[O-])c1Cl. The summed E-state index contributed by atoms with van der Waals surface area (Å²) in [5, 5.41) is 18.6. The minimum absolute atomic E-state index is 0.169. The second-order valence-corrected chi connectivity index (χ2v) is 4.74. The lowest BCUT2D eigenvalue weighted by atomic mass is 10.3. The number of para-hydroxylation sites is 1. The molecule has 7 nitrogen and oxygen atoms in total. The lowest BCUT2D eigenvalue weighted by Gasteiger charge is -2.07. The molecule has 0 atom stereocenters. The summed E-state index contributed by atoms with van der Waals surface area (Å²) < 4.78 is 0. The number of halogens is 3. The number of nitro groups is 1. The topological polar surface area (TPSA) is 101 Å². The lowest BCUT2D eigenvalue weighted by Crippen LogP contribution is -2.13. The van der Waals surface area contributed by atoms with Crippen LogP contribution in [0.5, 0.6) is 0 Å². The molecule has 0 aliphatic carbocycles. The van der Waals surface area contributed by atoms with E-state index in [2.05, 4.69) is 15.5 Å². The number of nitrogens with zero attached hydrogens (tertiary/aromatic N) is 2. The summed E-state index contributed by atoms with van der Waals surface area (Å²) in [6.07, 6.45) is 0. The van der Waals surface area contributed by atoms with Gasteiger partial charge in [-0.05, 0) is 17.1 Å². The minimum atomic E-state index is -0.783. The standard InChI is InChI=1S/C10H5Cl3N4O3/c11-4-2-1-3-5(12)7(4)14-10(18)8-6(13)9(16-15-8)17(19)20/h1-3H,(H,14,18)(H,15,16). The number of carbonyl (C=O) groups is 1. The summed E-state index contributed by atoms with van der Waals surface area (Å²) >= 11 is 17.5. The molecule has 0 radical (unpaired) electrons. The molecular formula is C10H5Cl3N4O3. The average Bonchev–Trinajstić information content (AvgIpc) is 2.76. The van der Waals surface area contributed by atoms with E-state index in [1.54, 1.807) is 6.07 Å². The Morgan fingerprint density at radius 3 is 2.40 bits per heavy atom. The van der Waals surface area contributed by atoms with Crippen molar-refractivity contribution in [2.75, 3.05) is 5.32 Å². The molecule has 0 saturated carbocycles. The maximum atomic E-state index is 12.0. The van der Waals surface area contributed by atoms with E-state index in [9.17, 15) is 14.9 Å². The number of carbonyl (C=O) groups excluding carboxylic acids is 1. The molecular weight excluding hydrogens is 330 g/mol. The number of nitrogens with one attached hydrogen (secondary N) is 2. The molecule has 0 fully saturated rings. The van der Waals surface area contributed by atoms with E-state index in [-0.39, 0.29) is 21.4 Å². The van der Waals surface area contributed by atoms with Crippen molar-refractivity contribution in [3.05, 3.63) is 49.1 Å². The molecule has 0 saturated heterocycles. The van der Waals surface area contributed by atoms with E-state index >= 15 is 0 Å². The van der Waals surface area contributed by atoms with Crippen molar-refractivity contribution in [3.63, 3.8) is 0 Å². The number of hydrogen-bond acceptors (Lipinski definition) is 4. The van der Waals surface area contributed by atoms with Gasteiger partial charge in [0, 0.05) is 0 Å². The Labute approximate surface area is 127 Å². The maximum Gasteiger partial charge on any atom is 0.362 e. The molecule has 10 heteroatoms. The zero-order valence-corrected chi connectivity index (χ0v) is 11.8. The summed E-state index contributed by atoms with van der Waals surface area (Å²) in [6.45, 7) is 0. The van der Waals surface area contributed by atoms with Crippen LogP contribution in [0.25, 0.3) is 0 Å². The molecule has 0 bridgehead atoms. The number of hydrogen-bond donors (Lipinski definition) is 2. The van der Waals surface area contributed by atoms with Crippen LogP contribution in [0.3, 0.4) is 0 Å². The molecule has 0 aliphatic rings. The molecule has 2 N–H and O–H groups in total. The van der Waals surface area contributed by atoms with Crippen LogP contribution in [0.4, 0.5) is 11.5 Å². The summed E-state index contributed by atoms with van der Waals surface area (Å²) in [6, 6.07) is 4.65. The molecule has 0 aliphatic heterocycles. The Bertz CT molecular complexity index is 681. The Morgan fingerprint density at radius 1 is 1.30 bits per heavy atom.